The summed E-state index contributed by atoms with van der Waals surface area (Å²) in [6.45, 7) is 1.34. The highest BCUT2D eigenvalue weighted by Gasteiger charge is 2.36. The van der Waals surface area contributed by atoms with Crippen LogP contribution in [0.3, 0.4) is 0 Å². The monoisotopic (exact) mass is 507 g/mol. The minimum absolute atomic E-state index is 0.0320. The van der Waals surface area contributed by atoms with Crippen LogP contribution in [0.1, 0.15) is 41.7 Å². The van der Waals surface area contributed by atoms with Gasteiger partial charge in [-0.1, -0.05) is 18.2 Å². The maximum atomic E-state index is 13.2. The normalized spacial score (nSPS) is 21.2. The molecule has 2 atom stereocenters. The van der Waals surface area contributed by atoms with Crippen molar-refractivity contribution in [2.45, 2.75) is 44.2 Å². The van der Waals surface area contributed by atoms with Crippen LogP contribution >= 0.6 is 0 Å². The molecule has 10 heteroatoms. The summed E-state index contributed by atoms with van der Waals surface area (Å²) < 4.78 is 5.85. The van der Waals surface area contributed by atoms with Crippen molar-refractivity contribution in [3.05, 3.63) is 59.9 Å². The van der Waals surface area contributed by atoms with Gasteiger partial charge in [-0.2, -0.15) is 0 Å². The molecule has 2 aliphatic heterocycles. The quantitative estimate of drug-likeness (QED) is 0.641. The van der Waals surface area contributed by atoms with Gasteiger partial charge in [0.25, 0.3) is 5.91 Å². The minimum Gasteiger partial charge on any atom is -0.491 e. The van der Waals surface area contributed by atoms with Gasteiger partial charge < -0.3 is 25.2 Å². The standard InChI is InChI=1S/C27H33N5O5/c1-31-17-18-37-23-10-3-2-8-20(23)25(34)30-21(26(35)29-15-13-19-7-4-5-14-28-19)11-12-24(33)32-16-6-9-22(32)27(31)36/h2-5,7-8,10,14,21-22H,6,9,11-13,15-18H2,1H3,(H,29,35)(H,30,34)/t21-,22-/m0/s1. The fourth-order valence-corrected chi connectivity index (χ4v) is 4.66. The Kier molecular flexibility index (Phi) is 8.71. The van der Waals surface area contributed by atoms with Gasteiger partial charge >= 0.3 is 0 Å². The Hall–Kier alpha value is -3.95. The molecule has 2 N–H and O–H groups in total. The van der Waals surface area contributed by atoms with Gasteiger partial charge in [-0.05, 0) is 43.5 Å². The molecule has 4 rings (SSSR count). The second kappa shape index (κ2) is 12.3. The predicted molar refractivity (Wildman–Crippen MR) is 136 cm³/mol. The van der Waals surface area contributed by atoms with E-state index >= 15 is 0 Å². The van der Waals surface area contributed by atoms with Crippen LogP contribution in [0.15, 0.2) is 48.7 Å². The van der Waals surface area contributed by atoms with Gasteiger partial charge in [0.05, 0.1) is 12.1 Å². The van der Waals surface area contributed by atoms with Crippen LogP contribution in [-0.2, 0) is 20.8 Å². The number of para-hydroxylation sites is 1. The zero-order valence-electron chi connectivity index (χ0n) is 21.0. The number of hydrogen-bond donors (Lipinski definition) is 2. The summed E-state index contributed by atoms with van der Waals surface area (Å²) in [6.07, 6.45) is 3.71. The maximum absolute atomic E-state index is 13.2. The number of rotatable bonds is 4. The van der Waals surface area contributed by atoms with Gasteiger partial charge in [0.1, 0.15) is 24.4 Å². The van der Waals surface area contributed by atoms with Crippen LogP contribution in [-0.4, -0.2) is 83.8 Å². The van der Waals surface area contributed by atoms with Crippen molar-refractivity contribution in [2.75, 3.05) is 33.3 Å². The van der Waals surface area contributed by atoms with Crippen LogP contribution in [0.4, 0.5) is 0 Å². The third-order valence-corrected chi connectivity index (χ3v) is 6.73. The number of nitrogens with one attached hydrogen (secondary N) is 2. The smallest absolute Gasteiger partial charge is 0.255 e. The van der Waals surface area contributed by atoms with Crippen molar-refractivity contribution in [2.24, 2.45) is 0 Å². The molecule has 1 aromatic heterocycles. The fraction of sp³-hybridized carbons (Fsp3) is 0.444. The van der Waals surface area contributed by atoms with Gasteiger partial charge in [-0.15, -0.1) is 0 Å². The van der Waals surface area contributed by atoms with Crippen LogP contribution < -0.4 is 15.4 Å². The Labute approximate surface area is 216 Å². The number of nitrogens with zero attached hydrogens (tertiary/aromatic N) is 3. The highest BCUT2D eigenvalue weighted by molar-refractivity contribution is 5.99. The molecular weight excluding hydrogens is 474 g/mol. The highest BCUT2D eigenvalue weighted by Crippen LogP contribution is 2.22. The number of amides is 4. The Bertz CT molecular complexity index is 1130. The first-order valence-electron chi connectivity index (χ1n) is 12.7. The first kappa shape index (κ1) is 26.1. The van der Waals surface area contributed by atoms with Gasteiger partial charge in [-0.3, -0.25) is 24.2 Å². The third-order valence-electron chi connectivity index (χ3n) is 6.73. The van der Waals surface area contributed by atoms with Crippen molar-refractivity contribution >= 4 is 23.6 Å². The van der Waals surface area contributed by atoms with E-state index < -0.39 is 18.0 Å². The molecule has 1 aromatic carbocycles. The number of fused-ring (bicyclic) bond motifs is 2. The third kappa shape index (κ3) is 6.63. The van der Waals surface area contributed by atoms with Gasteiger partial charge in [0, 0.05) is 44.9 Å². The van der Waals surface area contributed by atoms with Crippen molar-refractivity contribution in [1.29, 1.82) is 0 Å². The molecular formula is C27H33N5O5. The topological polar surface area (TPSA) is 121 Å². The average molecular weight is 508 g/mol. The first-order chi connectivity index (χ1) is 17.9. The number of hydrogen-bond acceptors (Lipinski definition) is 6. The number of aromatic nitrogens is 1. The van der Waals surface area contributed by atoms with E-state index in [0.717, 1.165) is 12.1 Å². The lowest BCUT2D eigenvalue weighted by molar-refractivity contribution is -0.143. The highest BCUT2D eigenvalue weighted by atomic mass is 16.5. The van der Waals surface area contributed by atoms with Crippen LogP contribution in [0.25, 0.3) is 0 Å². The van der Waals surface area contributed by atoms with E-state index in [9.17, 15) is 19.2 Å². The molecule has 0 aliphatic carbocycles. The van der Waals surface area contributed by atoms with E-state index in [4.69, 9.17) is 4.74 Å². The Balaban J connectivity index is 1.52. The minimum atomic E-state index is -0.933. The lowest BCUT2D eigenvalue weighted by Gasteiger charge is -2.28. The lowest BCUT2D eigenvalue weighted by Crippen LogP contribution is -2.49. The summed E-state index contributed by atoms with van der Waals surface area (Å²) in [5.41, 5.74) is 1.12. The average Bonchev–Trinajstić information content (AvgIpc) is 3.40. The fourth-order valence-electron chi connectivity index (χ4n) is 4.66. The molecule has 2 aromatic rings. The molecule has 3 heterocycles. The largest absolute Gasteiger partial charge is 0.491 e. The second-order valence-corrected chi connectivity index (χ2v) is 9.28. The molecule has 4 amide bonds. The second-order valence-electron chi connectivity index (χ2n) is 9.28. The molecule has 0 unspecified atom stereocenters. The summed E-state index contributed by atoms with van der Waals surface area (Å²) in [4.78, 5) is 59.9. The van der Waals surface area contributed by atoms with E-state index in [1.165, 1.54) is 0 Å². The molecule has 0 spiro atoms. The molecule has 37 heavy (non-hydrogen) atoms. The lowest BCUT2D eigenvalue weighted by atomic mass is 10.1. The van der Waals surface area contributed by atoms with Crippen molar-refractivity contribution in [3.63, 3.8) is 0 Å². The zero-order valence-corrected chi connectivity index (χ0v) is 21.0. The van der Waals surface area contributed by atoms with Crippen molar-refractivity contribution in [1.82, 2.24) is 25.4 Å². The Morgan fingerprint density at radius 3 is 2.73 bits per heavy atom. The Morgan fingerprint density at radius 1 is 1.11 bits per heavy atom. The van der Waals surface area contributed by atoms with E-state index in [2.05, 4.69) is 15.6 Å². The SMILES string of the molecule is CN1CCOc2ccccc2C(=O)N[C@H](C(=O)NCCc2ccccn2)CCC(=O)N2CCC[C@H]2C1=O. The predicted octanol–water partition coefficient (Wildman–Crippen LogP) is 1.16. The number of carbonyl (C=O) groups excluding carboxylic acids is 4. The van der Waals surface area contributed by atoms with Crippen LogP contribution in [0, 0.1) is 0 Å². The number of likely N-dealkylation sites (N-methyl/N-ethyl adjacent to an activating group) is 1. The molecule has 0 saturated carbocycles. The number of ether oxygens (including phenoxy) is 1. The molecule has 2 aliphatic rings. The van der Waals surface area contributed by atoms with Crippen LogP contribution in [0.2, 0.25) is 0 Å². The number of benzene rings is 1. The summed E-state index contributed by atoms with van der Waals surface area (Å²) in [5.74, 6) is -0.810. The van der Waals surface area contributed by atoms with Gasteiger partial charge in [-0.25, -0.2) is 0 Å². The van der Waals surface area contributed by atoms with Crippen molar-refractivity contribution in [3.8, 4) is 5.75 Å². The van der Waals surface area contributed by atoms with Gasteiger partial charge in [0.2, 0.25) is 17.7 Å². The number of pyridine rings is 1. The van der Waals surface area contributed by atoms with Crippen molar-refractivity contribution < 1.29 is 23.9 Å². The summed E-state index contributed by atoms with van der Waals surface area (Å²) in [6, 6.07) is 10.9. The molecule has 10 nitrogen and oxygen atoms in total. The van der Waals surface area contributed by atoms with Gasteiger partial charge in [0.15, 0.2) is 0 Å². The first-order valence-corrected chi connectivity index (χ1v) is 12.7. The zero-order chi connectivity index (χ0) is 26.2. The summed E-state index contributed by atoms with van der Waals surface area (Å²) >= 11 is 0. The number of carbonyl (C=O) groups is 4. The maximum Gasteiger partial charge on any atom is 0.255 e. The van der Waals surface area contributed by atoms with E-state index in [1.807, 2.05) is 18.2 Å². The molecule has 196 valence electrons. The summed E-state index contributed by atoms with van der Waals surface area (Å²) in [7, 11) is 1.69. The molecule has 1 saturated heterocycles. The molecule has 0 bridgehead atoms. The Morgan fingerprint density at radius 2 is 1.92 bits per heavy atom. The van der Waals surface area contributed by atoms with E-state index in [1.54, 1.807) is 47.3 Å². The van der Waals surface area contributed by atoms with E-state index in [-0.39, 0.29) is 42.7 Å². The van der Waals surface area contributed by atoms with Crippen LogP contribution in [0.5, 0.6) is 5.75 Å². The molecule has 1 fully saturated rings. The van der Waals surface area contributed by atoms with E-state index in [0.29, 0.717) is 38.2 Å². The molecule has 0 radical (unpaired) electrons. The summed E-state index contributed by atoms with van der Waals surface area (Å²) in [5, 5.41) is 5.65.